The second-order valence-corrected chi connectivity index (χ2v) is 8.66. The molecule has 0 spiro atoms. The summed E-state index contributed by atoms with van der Waals surface area (Å²) in [4.78, 5) is 45.0. The van der Waals surface area contributed by atoms with Crippen molar-refractivity contribution in [1.29, 1.82) is 0 Å². The second kappa shape index (κ2) is 8.72. The van der Waals surface area contributed by atoms with Gasteiger partial charge in [0, 0.05) is 19.1 Å². The Hall–Kier alpha value is -3.23. The highest BCUT2D eigenvalue weighted by Crippen LogP contribution is 2.29. The predicted octanol–water partition coefficient (Wildman–Crippen LogP) is 2.25. The maximum Gasteiger partial charge on any atom is 0.273 e. The predicted molar refractivity (Wildman–Crippen MR) is 115 cm³/mol. The van der Waals surface area contributed by atoms with Gasteiger partial charge in [0.15, 0.2) is 5.69 Å². The Balaban J connectivity index is 1.54. The van der Waals surface area contributed by atoms with Crippen molar-refractivity contribution in [2.24, 2.45) is 0 Å². The van der Waals surface area contributed by atoms with Crippen molar-refractivity contribution in [3.8, 4) is 0 Å². The van der Waals surface area contributed by atoms with Gasteiger partial charge in [-0.05, 0) is 44.4 Å². The first kappa shape index (κ1) is 22.0. The van der Waals surface area contributed by atoms with Gasteiger partial charge >= 0.3 is 0 Å². The first-order valence-electron chi connectivity index (χ1n) is 11.0. The molecule has 2 heterocycles. The molecule has 9 heteroatoms. The smallest absolute Gasteiger partial charge is 0.273 e. The molecule has 1 aromatic carbocycles. The SMILES string of the molecule is CCN1C(=O)c2c(C(=O)NCc3cccc(F)c3)ncn2C[C@]1(C)C(=O)NC1CCCC1. The standard InChI is InChI=1S/C23H28FN5O3/c1-3-29-21(31)19-18(20(30)25-12-15-7-6-8-16(24)11-15)26-14-28(19)13-23(29,2)22(32)27-17-9-4-5-10-17/h6-8,11,14,17H,3-5,9-10,12-13H2,1-2H3,(H,25,30)(H,27,32)/t23-/m1/s1. The summed E-state index contributed by atoms with van der Waals surface area (Å²) in [5, 5.41) is 5.79. The van der Waals surface area contributed by atoms with E-state index in [2.05, 4.69) is 15.6 Å². The molecule has 32 heavy (non-hydrogen) atoms. The molecule has 1 fully saturated rings. The highest BCUT2D eigenvalue weighted by molar-refractivity contribution is 6.07. The Morgan fingerprint density at radius 2 is 2.03 bits per heavy atom. The summed E-state index contributed by atoms with van der Waals surface area (Å²) >= 11 is 0. The van der Waals surface area contributed by atoms with Gasteiger partial charge in [-0.1, -0.05) is 25.0 Å². The van der Waals surface area contributed by atoms with Gasteiger partial charge in [0.05, 0.1) is 12.9 Å². The van der Waals surface area contributed by atoms with Crippen LogP contribution in [0.15, 0.2) is 30.6 Å². The number of nitrogens with zero attached hydrogens (tertiary/aromatic N) is 3. The number of rotatable bonds is 6. The van der Waals surface area contributed by atoms with Crippen molar-refractivity contribution < 1.29 is 18.8 Å². The Morgan fingerprint density at radius 3 is 2.72 bits per heavy atom. The lowest BCUT2D eigenvalue weighted by molar-refractivity contribution is -0.133. The third-order valence-corrected chi connectivity index (χ3v) is 6.41. The summed E-state index contributed by atoms with van der Waals surface area (Å²) < 4.78 is 15.0. The van der Waals surface area contributed by atoms with Gasteiger partial charge in [0.25, 0.3) is 11.8 Å². The number of halogens is 1. The van der Waals surface area contributed by atoms with E-state index >= 15 is 0 Å². The van der Waals surface area contributed by atoms with E-state index in [0.29, 0.717) is 12.1 Å². The molecular formula is C23H28FN5O3. The topological polar surface area (TPSA) is 96.3 Å². The fourth-order valence-corrected chi connectivity index (χ4v) is 4.67. The summed E-state index contributed by atoms with van der Waals surface area (Å²) in [5.74, 6) is -1.50. The highest BCUT2D eigenvalue weighted by Gasteiger charge is 2.48. The molecule has 170 valence electrons. The van der Waals surface area contributed by atoms with Gasteiger partial charge in [-0.25, -0.2) is 9.37 Å². The quantitative estimate of drug-likeness (QED) is 0.719. The number of carbonyl (C=O) groups is 3. The molecule has 1 atom stereocenters. The number of benzene rings is 1. The number of carbonyl (C=O) groups excluding carboxylic acids is 3. The molecule has 2 aliphatic rings. The molecular weight excluding hydrogens is 413 g/mol. The van der Waals surface area contributed by atoms with Crippen molar-refractivity contribution in [3.05, 3.63) is 53.4 Å². The zero-order valence-electron chi connectivity index (χ0n) is 18.4. The fourth-order valence-electron chi connectivity index (χ4n) is 4.67. The molecule has 2 aromatic rings. The molecule has 0 bridgehead atoms. The second-order valence-electron chi connectivity index (χ2n) is 8.66. The lowest BCUT2D eigenvalue weighted by Gasteiger charge is -2.43. The Labute approximate surface area is 186 Å². The lowest BCUT2D eigenvalue weighted by Crippen LogP contribution is -2.64. The number of nitrogens with one attached hydrogen (secondary N) is 2. The average Bonchev–Trinajstić information content (AvgIpc) is 3.42. The first-order valence-corrected chi connectivity index (χ1v) is 11.0. The molecule has 1 aromatic heterocycles. The van der Waals surface area contributed by atoms with Crippen molar-refractivity contribution in [3.63, 3.8) is 0 Å². The number of hydrogen-bond acceptors (Lipinski definition) is 4. The third-order valence-electron chi connectivity index (χ3n) is 6.41. The number of amides is 3. The van der Waals surface area contributed by atoms with Gasteiger partial charge in [-0.3, -0.25) is 14.4 Å². The van der Waals surface area contributed by atoms with Crippen molar-refractivity contribution in [2.75, 3.05) is 6.54 Å². The van der Waals surface area contributed by atoms with E-state index in [0.717, 1.165) is 25.7 Å². The van der Waals surface area contributed by atoms with Crippen molar-refractivity contribution in [2.45, 2.75) is 64.2 Å². The molecule has 3 amide bonds. The van der Waals surface area contributed by atoms with Gasteiger partial charge < -0.3 is 20.1 Å². The van der Waals surface area contributed by atoms with Crippen LogP contribution in [0.3, 0.4) is 0 Å². The largest absolute Gasteiger partial charge is 0.351 e. The molecule has 0 unspecified atom stereocenters. The number of imidazole rings is 1. The number of fused-ring (bicyclic) bond motifs is 1. The van der Waals surface area contributed by atoms with E-state index in [1.165, 1.54) is 23.4 Å². The van der Waals surface area contributed by atoms with Crippen LogP contribution < -0.4 is 10.6 Å². The van der Waals surface area contributed by atoms with Crippen molar-refractivity contribution in [1.82, 2.24) is 25.1 Å². The molecule has 4 rings (SSSR count). The van der Waals surface area contributed by atoms with Crippen LogP contribution in [0, 0.1) is 5.82 Å². The van der Waals surface area contributed by atoms with Gasteiger partial charge in [0.1, 0.15) is 17.1 Å². The van der Waals surface area contributed by atoms with E-state index in [4.69, 9.17) is 0 Å². The first-order chi connectivity index (χ1) is 15.3. The Bertz CT molecular complexity index is 1050. The lowest BCUT2D eigenvalue weighted by atomic mass is 9.94. The molecule has 1 aliphatic carbocycles. The average molecular weight is 442 g/mol. The summed E-state index contributed by atoms with van der Waals surface area (Å²) in [5.41, 5.74) is -0.306. The van der Waals surface area contributed by atoms with E-state index < -0.39 is 17.4 Å². The van der Waals surface area contributed by atoms with Crippen LogP contribution >= 0.6 is 0 Å². The van der Waals surface area contributed by atoms with Gasteiger partial charge in [-0.2, -0.15) is 0 Å². The minimum Gasteiger partial charge on any atom is -0.351 e. The molecule has 2 N–H and O–H groups in total. The third kappa shape index (κ3) is 3.99. The highest BCUT2D eigenvalue weighted by atomic mass is 19.1. The monoisotopic (exact) mass is 441 g/mol. The molecule has 8 nitrogen and oxygen atoms in total. The van der Waals surface area contributed by atoms with E-state index in [9.17, 15) is 18.8 Å². The normalized spacial score (nSPS) is 20.8. The summed E-state index contributed by atoms with van der Waals surface area (Å²) in [6, 6.07) is 6.07. The van der Waals surface area contributed by atoms with Crippen LogP contribution in [-0.4, -0.2) is 50.3 Å². The molecule has 0 radical (unpaired) electrons. The Morgan fingerprint density at radius 1 is 1.28 bits per heavy atom. The maximum absolute atomic E-state index is 13.4. The van der Waals surface area contributed by atoms with Crippen LogP contribution in [0.4, 0.5) is 4.39 Å². The summed E-state index contributed by atoms with van der Waals surface area (Å²) in [6.45, 7) is 4.21. The van der Waals surface area contributed by atoms with E-state index in [-0.39, 0.29) is 42.2 Å². The van der Waals surface area contributed by atoms with E-state index in [1.807, 2.05) is 6.92 Å². The summed E-state index contributed by atoms with van der Waals surface area (Å²) in [7, 11) is 0. The zero-order valence-corrected chi connectivity index (χ0v) is 18.4. The molecule has 1 aliphatic heterocycles. The van der Waals surface area contributed by atoms with Crippen LogP contribution in [0.1, 0.15) is 66.1 Å². The maximum atomic E-state index is 13.4. The van der Waals surface area contributed by atoms with Gasteiger partial charge in [0.2, 0.25) is 5.91 Å². The zero-order chi connectivity index (χ0) is 22.9. The van der Waals surface area contributed by atoms with Crippen LogP contribution in [0.2, 0.25) is 0 Å². The summed E-state index contributed by atoms with van der Waals surface area (Å²) in [6.07, 6.45) is 5.52. The van der Waals surface area contributed by atoms with Gasteiger partial charge in [-0.15, -0.1) is 0 Å². The van der Waals surface area contributed by atoms with Crippen molar-refractivity contribution >= 4 is 17.7 Å². The molecule has 1 saturated carbocycles. The van der Waals surface area contributed by atoms with E-state index in [1.54, 1.807) is 23.6 Å². The van der Waals surface area contributed by atoms with Crippen LogP contribution in [-0.2, 0) is 17.9 Å². The van der Waals surface area contributed by atoms with Crippen LogP contribution in [0.5, 0.6) is 0 Å². The Kier molecular flexibility index (Phi) is 5.99. The minimum absolute atomic E-state index is 0.00287. The number of aromatic nitrogens is 2. The van der Waals surface area contributed by atoms with Crippen LogP contribution in [0.25, 0.3) is 0 Å². The number of likely N-dealkylation sites (N-methyl/N-ethyl adjacent to an activating group) is 1. The fraction of sp³-hybridized carbons (Fsp3) is 0.478. The minimum atomic E-state index is -1.07. The molecule has 0 saturated heterocycles. The number of hydrogen-bond donors (Lipinski definition) is 2.